The van der Waals surface area contributed by atoms with E-state index in [1.54, 1.807) is 24.3 Å². The summed E-state index contributed by atoms with van der Waals surface area (Å²) in [6.07, 6.45) is 1.37. The third-order valence-electron chi connectivity index (χ3n) is 4.45. The maximum absolute atomic E-state index is 12.8. The number of carbonyl (C=O) groups excluding carboxylic acids is 1. The molecule has 5 nitrogen and oxygen atoms in total. The van der Waals surface area contributed by atoms with Gasteiger partial charge in [0, 0.05) is 18.8 Å². The zero-order chi connectivity index (χ0) is 17.9. The van der Waals surface area contributed by atoms with E-state index in [9.17, 15) is 13.2 Å². The molecule has 1 aliphatic rings. The van der Waals surface area contributed by atoms with Crippen molar-refractivity contribution in [3.63, 3.8) is 0 Å². The molecule has 132 valence electrons. The number of benzene rings is 2. The molecule has 3 rings (SSSR count). The molecule has 2 aromatic rings. The number of hydrogen-bond donors (Lipinski definition) is 1. The van der Waals surface area contributed by atoms with Crippen LogP contribution in [0.5, 0.6) is 0 Å². The molecule has 1 atom stereocenters. The van der Waals surface area contributed by atoms with Crippen LogP contribution in [0.4, 0.5) is 5.69 Å². The molecule has 1 N–H and O–H groups in total. The van der Waals surface area contributed by atoms with Gasteiger partial charge in [-0.2, -0.15) is 4.31 Å². The van der Waals surface area contributed by atoms with Crippen LogP contribution >= 0.6 is 0 Å². The Morgan fingerprint density at radius 3 is 2.44 bits per heavy atom. The average molecular weight is 358 g/mol. The fourth-order valence-corrected chi connectivity index (χ4v) is 4.52. The minimum Gasteiger partial charge on any atom is -0.326 e. The number of para-hydroxylation sites is 1. The fraction of sp³-hybridized carbons (Fsp3) is 0.316. The third kappa shape index (κ3) is 4.08. The summed E-state index contributed by atoms with van der Waals surface area (Å²) in [5.74, 6) is -0.468. The minimum absolute atomic E-state index is 0.130. The first-order valence-corrected chi connectivity index (χ1v) is 9.83. The van der Waals surface area contributed by atoms with Crippen LogP contribution in [-0.2, 0) is 14.8 Å². The molecule has 0 bridgehead atoms. The molecule has 0 radical (unpaired) electrons. The highest BCUT2D eigenvalue weighted by atomic mass is 32.2. The van der Waals surface area contributed by atoms with Crippen molar-refractivity contribution in [3.8, 4) is 0 Å². The summed E-state index contributed by atoms with van der Waals surface area (Å²) < 4.78 is 27.1. The monoisotopic (exact) mass is 358 g/mol. The number of anilines is 1. The van der Waals surface area contributed by atoms with Crippen molar-refractivity contribution in [3.05, 3.63) is 60.2 Å². The summed E-state index contributed by atoms with van der Waals surface area (Å²) in [6.45, 7) is 2.58. The molecular formula is C19H22N2O3S. The number of nitrogens with zero attached hydrogens (tertiary/aromatic N) is 1. The first kappa shape index (κ1) is 17.6. The van der Waals surface area contributed by atoms with Crippen molar-refractivity contribution >= 4 is 21.6 Å². The summed E-state index contributed by atoms with van der Waals surface area (Å²) in [5.41, 5.74) is 1.74. The predicted octanol–water partition coefficient (Wildman–Crippen LogP) is 3.03. The highest BCUT2D eigenvalue weighted by Gasteiger charge is 2.33. The zero-order valence-electron chi connectivity index (χ0n) is 14.2. The van der Waals surface area contributed by atoms with Crippen LogP contribution < -0.4 is 5.32 Å². The van der Waals surface area contributed by atoms with Gasteiger partial charge >= 0.3 is 0 Å². The maximum Gasteiger partial charge on any atom is 0.243 e. The van der Waals surface area contributed by atoms with E-state index in [2.05, 4.69) is 5.32 Å². The summed E-state index contributed by atoms with van der Waals surface area (Å²) in [7, 11) is -3.56. The van der Waals surface area contributed by atoms with Gasteiger partial charge in [0.25, 0.3) is 0 Å². The zero-order valence-corrected chi connectivity index (χ0v) is 15.0. The fourth-order valence-electron chi connectivity index (χ4n) is 3.00. The second kappa shape index (κ2) is 7.37. The Bertz CT molecular complexity index is 833. The van der Waals surface area contributed by atoms with Crippen LogP contribution in [0.15, 0.2) is 59.5 Å². The Hall–Kier alpha value is -2.18. The second-order valence-electron chi connectivity index (χ2n) is 6.37. The number of rotatable bonds is 4. The van der Waals surface area contributed by atoms with Gasteiger partial charge in [-0.3, -0.25) is 4.79 Å². The molecule has 1 unspecified atom stereocenters. The number of piperidine rings is 1. The topological polar surface area (TPSA) is 66.5 Å². The van der Waals surface area contributed by atoms with Gasteiger partial charge in [-0.1, -0.05) is 35.9 Å². The van der Waals surface area contributed by atoms with Crippen molar-refractivity contribution in [2.75, 3.05) is 18.4 Å². The number of carbonyl (C=O) groups is 1. The van der Waals surface area contributed by atoms with Crippen LogP contribution in [0.25, 0.3) is 0 Å². The van der Waals surface area contributed by atoms with Crippen molar-refractivity contribution in [2.24, 2.45) is 5.92 Å². The number of sulfonamides is 1. The second-order valence-corrected chi connectivity index (χ2v) is 8.31. The summed E-state index contributed by atoms with van der Waals surface area (Å²) in [6, 6.07) is 16.0. The van der Waals surface area contributed by atoms with Gasteiger partial charge in [0.05, 0.1) is 10.8 Å². The Morgan fingerprint density at radius 2 is 1.76 bits per heavy atom. The van der Waals surface area contributed by atoms with Gasteiger partial charge in [0.2, 0.25) is 15.9 Å². The quantitative estimate of drug-likeness (QED) is 0.913. The SMILES string of the molecule is Cc1ccc(S(=O)(=O)N2CCCC(C(=O)Nc3ccccc3)C2)cc1. The highest BCUT2D eigenvalue weighted by molar-refractivity contribution is 7.89. The first-order valence-electron chi connectivity index (χ1n) is 8.39. The van der Waals surface area contributed by atoms with Crippen LogP contribution in [0.2, 0.25) is 0 Å². The lowest BCUT2D eigenvalue weighted by Crippen LogP contribution is -2.43. The number of aryl methyl sites for hydroxylation is 1. The highest BCUT2D eigenvalue weighted by Crippen LogP contribution is 2.25. The molecule has 6 heteroatoms. The van der Waals surface area contributed by atoms with Gasteiger partial charge in [-0.05, 0) is 44.0 Å². The van der Waals surface area contributed by atoms with Crippen LogP contribution in [-0.4, -0.2) is 31.7 Å². The molecule has 25 heavy (non-hydrogen) atoms. The van der Waals surface area contributed by atoms with E-state index in [0.717, 1.165) is 11.3 Å². The largest absolute Gasteiger partial charge is 0.326 e. The molecule has 1 saturated heterocycles. The standard InChI is InChI=1S/C19H22N2O3S/c1-15-9-11-18(12-10-15)25(23,24)21-13-5-6-16(14-21)19(22)20-17-7-3-2-4-8-17/h2-4,7-12,16H,5-6,13-14H2,1H3,(H,20,22). The maximum atomic E-state index is 12.8. The molecule has 1 aliphatic heterocycles. The van der Waals surface area contributed by atoms with Gasteiger partial charge in [0.1, 0.15) is 0 Å². The van der Waals surface area contributed by atoms with E-state index in [0.29, 0.717) is 19.4 Å². The Balaban J connectivity index is 1.72. The lowest BCUT2D eigenvalue weighted by molar-refractivity contribution is -0.120. The van der Waals surface area contributed by atoms with Gasteiger partial charge in [-0.25, -0.2) is 8.42 Å². The van der Waals surface area contributed by atoms with E-state index in [4.69, 9.17) is 0 Å². The Morgan fingerprint density at radius 1 is 1.08 bits per heavy atom. The van der Waals surface area contributed by atoms with E-state index < -0.39 is 10.0 Å². The minimum atomic E-state index is -3.56. The van der Waals surface area contributed by atoms with Crippen molar-refractivity contribution in [1.82, 2.24) is 4.31 Å². The van der Waals surface area contributed by atoms with Crippen LogP contribution in [0, 0.1) is 12.8 Å². The molecule has 1 amide bonds. The van der Waals surface area contributed by atoms with Gasteiger partial charge in [-0.15, -0.1) is 0 Å². The van der Waals surface area contributed by atoms with E-state index in [1.165, 1.54) is 4.31 Å². The summed E-state index contributed by atoms with van der Waals surface area (Å²) >= 11 is 0. The summed E-state index contributed by atoms with van der Waals surface area (Å²) in [5, 5.41) is 2.87. The lowest BCUT2D eigenvalue weighted by Gasteiger charge is -2.31. The van der Waals surface area contributed by atoms with Crippen molar-refractivity contribution < 1.29 is 13.2 Å². The van der Waals surface area contributed by atoms with Crippen LogP contribution in [0.3, 0.4) is 0 Å². The Kier molecular flexibility index (Phi) is 5.20. The van der Waals surface area contributed by atoms with Gasteiger partial charge in [0.15, 0.2) is 0 Å². The first-order chi connectivity index (χ1) is 12.0. The van der Waals surface area contributed by atoms with E-state index in [1.807, 2.05) is 37.3 Å². The van der Waals surface area contributed by atoms with Crippen LogP contribution in [0.1, 0.15) is 18.4 Å². The third-order valence-corrected chi connectivity index (χ3v) is 6.33. The molecule has 2 aromatic carbocycles. The molecule has 0 spiro atoms. The van der Waals surface area contributed by atoms with Crippen molar-refractivity contribution in [1.29, 1.82) is 0 Å². The lowest BCUT2D eigenvalue weighted by atomic mass is 9.99. The van der Waals surface area contributed by atoms with Gasteiger partial charge < -0.3 is 5.32 Å². The molecular weight excluding hydrogens is 336 g/mol. The number of amides is 1. The predicted molar refractivity (Wildman–Crippen MR) is 97.7 cm³/mol. The molecule has 0 aromatic heterocycles. The normalized spacial score (nSPS) is 18.7. The Labute approximate surface area is 148 Å². The number of nitrogens with one attached hydrogen (secondary N) is 1. The van der Waals surface area contributed by atoms with E-state index in [-0.39, 0.29) is 23.3 Å². The molecule has 0 saturated carbocycles. The molecule has 0 aliphatic carbocycles. The molecule has 1 fully saturated rings. The molecule has 1 heterocycles. The smallest absolute Gasteiger partial charge is 0.243 e. The van der Waals surface area contributed by atoms with E-state index >= 15 is 0 Å². The van der Waals surface area contributed by atoms with Crippen molar-refractivity contribution in [2.45, 2.75) is 24.7 Å². The summed E-state index contributed by atoms with van der Waals surface area (Å²) in [4.78, 5) is 12.8. The number of hydrogen-bond acceptors (Lipinski definition) is 3. The average Bonchev–Trinajstić information content (AvgIpc) is 2.63.